The highest BCUT2D eigenvalue weighted by atomic mass is 35.5. The lowest BCUT2D eigenvalue weighted by atomic mass is 10.0. The largest absolute Gasteiger partial charge is 0.467 e. The average molecular weight is 421 g/mol. The number of halogens is 4. The summed E-state index contributed by atoms with van der Waals surface area (Å²) in [4.78, 5) is 14.3. The number of alkyl halides is 3. The molecule has 6 nitrogen and oxygen atoms in total. The minimum Gasteiger partial charge on any atom is -0.467 e. The van der Waals surface area contributed by atoms with E-state index in [0.717, 1.165) is 16.2 Å². The molecule has 1 fully saturated rings. The molecule has 146 valence electrons. The molecule has 2 aliphatic heterocycles. The Labute approximate surface area is 162 Å². The predicted octanol–water partition coefficient (Wildman–Crippen LogP) is 3.98. The van der Waals surface area contributed by atoms with E-state index in [1.54, 1.807) is 28.8 Å². The van der Waals surface area contributed by atoms with Crippen LogP contribution in [0.2, 0.25) is 5.02 Å². The molecule has 0 spiro atoms. The first-order valence-electron chi connectivity index (χ1n) is 8.38. The van der Waals surface area contributed by atoms with Gasteiger partial charge in [0.05, 0.1) is 12.3 Å². The van der Waals surface area contributed by atoms with Gasteiger partial charge in [-0.15, -0.1) is 0 Å². The number of anilines is 1. The van der Waals surface area contributed by atoms with Gasteiger partial charge in [0, 0.05) is 31.0 Å². The summed E-state index contributed by atoms with van der Waals surface area (Å²) >= 11 is 8.02. The minimum absolute atomic E-state index is 0.0126. The second kappa shape index (κ2) is 6.97. The Kier molecular flexibility index (Phi) is 4.79. The fraction of sp³-hybridized carbons (Fsp3) is 0.500. The monoisotopic (exact) mass is 420 g/mol. The maximum absolute atomic E-state index is 13.7. The van der Waals surface area contributed by atoms with E-state index in [0.29, 0.717) is 18.8 Å². The maximum atomic E-state index is 13.7. The van der Waals surface area contributed by atoms with Gasteiger partial charge in [-0.1, -0.05) is 11.6 Å². The molecule has 1 saturated heterocycles. The summed E-state index contributed by atoms with van der Waals surface area (Å²) in [5, 5.41) is 6.82. The van der Waals surface area contributed by atoms with Crippen molar-refractivity contribution in [1.82, 2.24) is 14.7 Å². The molecule has 1 amide bonds. The van der Waals surface area contributed by atoms with Crippen LogP contribution in [0.1, 0.15) is 34.8 Å². The van der Waals surface area contributed by atoms with Crippen molar-refractivity contribution in [3.05, 3.63) is 34.9 Å². The van der Waals surface area contributed by atoms with Crippen molar-refractivity contribution in [2.75, 3.05) is 29.9 Å². The zero-order chi connectivity index (χ0) is 19.2. The van der Waals surface area contributed by atoms with Crippen molar-refractivity contribution in [2.45, 2.75) is 24.7 Å². The molecule has 11 heteroatoms. The smallest absolute Gasteiger partial charge is 0.410 e. The first-order valence-corrected chi connectivity index (χ1v) is 9.91. The van der Waals surface area contributed by atoms with E-state index in [2.05, 4.69) is 10.4 Å². The number of fused-ring (bicyclic) bond motifs is 1. The summed E-state index contributed by atoms with van der Waals surface area (Å²) < 4.78 is 47.1. The molecule has 4 heterocycles. The highest BCUT2D eigenvalue weighted by molar-refractivity contribution is 7.99. The lowest BCUT2D eigenvalue weighted by Gasteiger charge is -2.32. The third-order valence-corrected chi connectivity index (χ3v) is 5.98. The van der Waals surface area contributed by atoms with E-state index in [1.807, 2.05) is 0 Å². The molecule has 4 rings (SSSR count). The van der Waals surface area contributed by atoms with Crippen molar-refractivity contribution >= 4 is 35.1 Å². The summed E-state index contributed by atoms with van der Waals surface area (Å²) in [5.74, 6) is 1.47. The normalized spacial score (nSPS) is 23.0. The van der Waals surface area contributed by atoms with Gasteiger partial charge in [0.15, 0.2) is 11.7 Å². The van der Waals surface area contributed by atoms with Crippen molar-refractivity contribution in [3.63, 3.8) is 0 Å². The molecular weight excluding hydrogens is 405 g/mol. The molecule has 2 aliphatic rings. The lowest BCUT2D eigenvalue weighted by Crippen LogP contribution is -2.38. The third-order valence-electron chi connectivity index (χ3n) is 4.68. The Bertz CT molecular complexity index is 834. The highest BCUT2D eigenvalue weighted by Crippen LogP contribution is 2.46. The molecule has 2 aromatic heterocycles. The predicted molar refractivity (Wildman–Crippen MR) is 95.2 cm³/mol. The van der Waals surface area contributed by atoms with Crippen molar-refractivity contribution in [2.24, 2.45) is 0 Å². The summed E-state index contributed by atoms with van der Waals surface area (Å²) in [7, 11) is 0. The number of nitrogens with zero attached hydrogens (tertiary/aromatic N) is 3. The fourth-order valence-corrected chi connectivity index (χ4v) is 4.48. The SMILES string of the molecule is O=C(c1nn2c(c1Cl)NC(c1ccco1)CC2C(F)(F)F)N1CCSCC1. The fourth-order valence-electron chi connectivity index (χ4n) is 3.32. The summed E-state index contributed by atoms with van der Waals surface area (Å²) in [5.41, 5.74) is -0.152. The van der Waals surface area contributed by atoms with Crippen LogP contribution in [-0.2, 0) is 0 Å². The van der Waals surface area contributed by atoms with Gasteiger partial charge in [-0.25, -0.2) is 4.68 Å². The van der Waals surface area contributed by atoms with Crippen LogP contribution < -0.4 is 5.32 Å². The van der Waals surface area contributed by atoms with Gasteiger partial charge in [0.2, 0.25) is 0 Å². The Hall–Kier alpha value is -1.81. The van der Waals surface area contributed by atoms with Crippen LogP contribution in [0.3, 0.4) is 0 Å². The molecule has 0 bridgehead atoms. The quantitative estimate of drug-likeness (QED) is 0.796. The number of hydrogen-bond acceptors (Lipinski definition) is 5. The van der Waals surface area contributed by atoms with Gasteiger partial charge in [-0.3, -0.25) is 4.79 Å². The van der Waals surface area contributed by atoms with Gasteiger partial charge in [0.25, 0.3) is 5.91 Å². The summed E-state index contributed by atoms with van der Waals surface area (Å²) in [6.45, 7) is 1.04. The number of thioether (sulfide) groups is 1. The van der Waals surface area contributed by atoms with Gasteiger partial charge >= 0.3 is 6.18 Å². The first-order chi connectivity index (χ1) is 12.9. The second-order valence-corrected chi connectivity index (χ2v) is 7.97. The molecule has 0 saturated carbocycles. The number of rotatable bonds is 2. The van der Waals surface area contributed by atoms with E-state index in [-0.39, 0.29) is 23.0 Å². The van der Waals surface area contributed by atoms with Crippen molar-refractivity contribution in [3.8, 4) is 0 Å². The van der Waals surface area contributed by atoms with E-state index in [9.17, 15) is 18.0 Å². The maximum Gasteiger partial charge on any atom is 0.410 e. The van der Waals surface area contributed by atoms with Crippen LogP contribution >= 0.6 is 23.4 Å². The van der Waals surface area contributed by atoms with E-state index in [4.69, 9.17) is 16.0 Å². The summed E-state index contributed by atoms with van der Waals surface area (Å²) in [6.07, 6.45) is -3.45. The topological polar surface area (TPSA) is 63.3 Å². The standard InChI is InChI=1S/C16H16ClF3N4O2S/c17-12-13(15(25)23-3-6-27-7-4-23)22-24-11(16(18,19)20)8-9(21-14(12)24)10-2-1-5-26-10/h1-2,5,9,11,21H,3-4,6-8H2. The zero-order valence-corrected chi connectivity index (χ0v) is 15.6. The molecule has 2 unspecified atom stereocenters. The molecule has 0 aromatic carbocycles. The van der Waals surface area contributed by atoms with Crippen LogP contribution in [0.15, 0.2) is 22.8 Å². The van der Waals surface area contributed by atoms with Crippen LogP contribution in [0.4, 0.5) is 19.0 Å². The van der Waals surface area contributed by atoms with Crippen LogP contribution in [-0.4, -0.2) is 51.4 Å². The zero-order valence-electron chi connectivity index (χ0n) is 14.0. The number of carbonyl (C=O) groups excluding carboxylic acids is 1. The minimum atomic E-state index is -4.54. The average Bonchev–Trinajstić information content (AvgIpc) is 3.29. The van der Waals surface area contributed by atoms with Crippen molar-refractivity contribution < 1.29 is 22.4 Å². The number of nitrogens with one attached hydrogen (secondary N) is 1. The Morgan fingerprint density at radius 2 is 2.11 bits per heavy atom. The van der Waals surface area contributed by atoms with Gasteiger partial charge < -0.3 is 14.6 Å². The van der Waals surface area contributed by atoms with Crippen LogP contribution in [0, 0.1) is 0 Å². The van der Waals surface area contributed by atoms with E-state index in [1.165, 1.54) is 6.26 Å². The Morgan fingerprint density at radius 3 is 2.74 bits per heavy atom. The molecular formula is C16H16ClF3N4O2S. The van der Waals surface area contributed by atoms with Gasteiger partial charge in [0.1, 0.15) is 16.6 Å². The highest BCUT2D eigenvalue weighted by Gasteiger charge is 2.48. The van der Waals surface area contributed by atoms with Crippen molar-refractivity contribution in [1.29, 1.82) is 0 Å². The summed E-state index contributed by atoms with van der Waals surface area (Å²) in [6, 6.07) is 0.585. The first kappa shape index (κ1) is 18.5. The van der Waals surface area contributed by atoms with Crippen LogP contribution in [0.5, 0.6) is 0 Å². The number of carbonyl (C=O) groups is 1. The number of aromatic nitrogens is 2. The third kappa shape index (κ3) is 3.40. The molecule has 0 radical (unpaired) electrons. The number of furan rings is 1. The van der Waals surface area contributed by atoms with Gasteiger partial charge in [-0.2, -0.15) is 30.0 Å². The van der Waals surface area contributed by atoms with Gasteiger partial charge in [-0.05, 0) is 12.1 Å². The number of hydrogen-bond donors (Lipinski definition) is 1. The molecule has 2 atom stereocenters. The Balaban J connectivity index is 1.72. The van der Waals surface area contributed by atoms with E-state index >= 15 is 0 Å². The second-order valence-electron chi connectivity index (χ2n) is 6.37. The molecule has 2 aromatic rings. The molecule has 27 heavy (non-hydrogen) atoms. The number of amides is 1. The van der Waals surface area contributed by atoms with Crippen LogP contribution in [0.25, 0.3) is 0 Å². The van der Waals surface area contributed by atoms with E-state index < -0.39 is 24.2 Å². The molecule has 1 N–H and O–H groups in total. The Morgan fingerprint density at radius 1 is 1.37 bits per heavy atom. The lowest BCUT2D eigenvalue weighted by molar-refractivity contribution is -0.174. The molecule has 0 aliphatic carbocycles.